The molecule has 0 saturated carbocycles. The molecule has 26 heavy (non-hydrogen) atoms. The Morgan fingerprint density at radius 1 is 0.769 bits per heavy atom. The Morgan fingerprint density at radius 3 is 2.27 bits per heavy atom. The van der Waals surface area contributed by atoms with Crippen molar-refractivity contribution in [3.05, 3.63) is 107 Å². The molecule has 0 aliphatic carbocycles. The van der Waals surface area contributed by atoms with Gasteiger partial charge in [0.2, 0.25) is 0 Å². The Kier molecular flexibility index (Phi) is 3.84. The lowest BCUT2D eigenvalue weighted by Crippen LogP contribution is -2.44. The van der Waals surface area contributed by atoms with Gasteiger partial charge in [0.25, 0.3) is 5.79 Å². The van der Waals surface area contributed by atoms with Crippen molar-refractivity contribution in [1.29, 1.82) is 0 Å². The van der Waals surface area contributed by atoms with Gasteiger partial charge in [-0.1, -0.05) is 84.9 Å². The van der Waals surface area contributed by atoms with Crippen molar-refractivity contribution in [1.82, 2.24) is 0 Å². The van der Waals surface area contributed by atoms with Crippen LogP contribution in [0.15, 0.2) is 84.9 Å². The van der Waals surface area contributed by atoms with Crippen LogP contribution >= 0.6 is 0 Å². The molecule has 0 unspecified atom stereocenters. The topological polar surface area (TPSA) is 36.9 Å². The quantitative estimate of drug-likeness (QED) is 0.648. The molecule has 0 amide bonds. The van der Waals surface area contributed by atoms with Crippen molar-refractivity contribution in [2.45, 2.75) is 18.0 Å². The first-order chi connectivity index (χ1) is 12.9. The highest BCUT2D eigenvalue weighted by Gasteiger charge is 2.51. The summed E-state index contributed by atoms with van der Waals surface area (Å²) in [5.74, 6) is -1.21. The molecule has 4 nitrogen and oxygen atoms in total. The Bertz CT molecular complexity index is 896. The Balaban J connectivity index is 1.75. The Labute approximate surface area is 151 Å². The van der Waals surface area contributed by atoms with Crippen molar-refractivity contribution < 1.29 is 19.2 Å². The van der Waals surface area contributed by atoms with Gasteiger partial charge in [-0.2, -0.15) is 4.89 Å². The molecule has 5 rings (SSSR count). The highest BCUT2D eigenvalue weighted by atomic mass is 17.3. The molecular formula is C22H18O4. The summed E-state index contributed by atoms with van der Waals surface area (Å²) >= 11 is 0. The SMILES string of the molecule is c1ccc([C@H]2c3ccccc3[C@]3(c4ccccc4)OOCO[C@H]2O3)cc1. The molecule has 0 spiro atoms. The van der Waals surface area contributed by atoms with Crippen LogP contribution in [0, 0.1) is 0 Å². The Morgan fingerprint density at radius 2 is 1.46 bits per heavy atom. The maximum Gasteiger partial charge on any atom is 0.256 e. The molecule has 2 bridgehead atoms. The van der Waals surface area contributed by atoms with E-state index in [1.807, 2.05) is 66.7 Å². The van der Waals surface area contributed by atoms with Crippen LogP contribution in [-0.2, 0) is 25.0 Å². The average molecular weight is 346 g/mol. The number of benzene rings is 3. The molecule has 130 valence electrons. The summed E-state index contributed by atoms with van der Waals surface area (Å²) in [6.45, 7) is 0.0105. The second-order valence-electron chi connectivity index (χ2n) is 6.43. The van der Waals surface area contributed by atoms with Crippen LogP contribution in [0.5, 0.6) is 0 Å². The van der Waals surface area contributed by atoms with Crippen molar-refractivity contribution in [2.75, 3.05) is 6.79 Å². The van der Waals surface area contributed by atoms with Gasteiger partial charge in [0.05, 0.1) is 5.92 Å². The fourth-order valence-electron chi connectivity index (χ4n) is 3.83. The summed E-state index contributed by atoms with van der Waals surface area (Å²) in [6, 6.07) is 28.3. The highest BCUT2D eigenvalue weighted by Crippen LogP contribution is 2.49. The number of hydrogen-bond acceptors (Lipinski definition) is 4. The lowest BCUT2D eigenvalue weighted by atomic mass is 9.80. The van der Waals surface area contributed by atoms with Crippen LogP contribution in [0.3, 0.4) is 0 Å². The summed E-state index contributed by atoms with van der Waals surface area (Å²) in [4.78, 5) is 11.2. The van der Waals surface area contributed by atoms with E-state index in [0.29, 0.717) is 0 Å². The second-order valence-corrected chi connectivity index (χ2v) is 6.43. The monoisotopic (exact) mass is 346 g/mol. The Hall–Kier alpha value is -2.50. The van der Waals surface area contributed by atoms with Gasteiger partial charge in [0.1, 0.15) is 0 Å². The zero-order valence-corrected chi connectivity index (χ0v) is 14.1. The fraction of sp³-hybridized carbons (Fsp3) is 0.182. The third-order valence-corrected chi connectivity index (χ3v) is 4.97. The minimum absolute atomic E-state index is 0.0105. The summed E-state index contributed by atoms with van der Waals surface area (Å²) in [6.07, 6.45) is -0.519. The van der Waals surface area contributed by atoms with Gasteiger partial charge in [0, 0.05) is 11.1 Å². The predicted octanol–water partition coefficient (Wildman–Crippen LogP) is 4.31. The van der Waals surface area contributed by atoms with Crippen LogP contribution < -0.4 is 0 Å². The van der Waals surface area contributed by atoms with Gasteiger partial charge < -0.3 is 9.47 Å². The standard InChI is InChI=1S/C22H18O4/c1-3-9-16(10-4-1)20-18-13-7-8-14-19(18)22(17-11-5-2-6-12-17)25-21(20)23-15-24-26-22/h1-14,20-21H,15H2/t20-,21-,22-/m0/s1. The molecule has 1 fully saturated rings. The first kappa shape index (κ1) is 15.7. The number of fused-ring (bicyclic) bond motifs is 4. The summed E-state index contributed by atoms with van der Waals surface area (Å²) in [7, 11) is 0. The molecule has 2 heterocycles. The average Bonchev–Trinajstić information content (AvgIpc) is 2.91. The van der Waals surface area contributed by atoms with E-state index in [9.17, 15) is 0 Å². The van der Waals surface area contributed by atoms with Gasteiger partial charge in [-0.3, -0.25) is 0 Å². The molecule has 0 radical (unpaired) electrons. The summed E-state index contributed by atoms with van der Waals surface area (Å²) in [5, 5.41) is 0. The van der Waals surface area contributed by atoms with E-state index in [0.717, 1.165) is 22.3 Å². The summed E-state index contributed by atoms with van der Waals surface area (Å²) < 4.78 is 12.3. The molecule has 2 aliphatic rings. The number of ether oxygens (including phenoxy) is 2. The van der Waals surface area contributed by atoms with Crippen LogP contribution in [0.1, 0.15) is 28.2 Å². The lowest BCUT2D eigenvalue weighted by molar-refractivity contribution is -0.415. The van der Waals surface area contributed by atoms with Gasteiger partial charge in [-0.05, 0) is 11.1 Å². The first-order valence-corrected chi connectivity index (χ1v) is 8.68. The maximum atomic E-state index is 6.45. The van der Waals surface area contributed by atoms with Crippen molar-refractivity contribution in [3.63, 3.8) is 0 Å². The largest absolute Gasteiger partial charge is 0.322 e. The normalized spacial score (nSPS) is 27.4. The van der Waals surface area contributed by atoms with E-state index >= 15 is 0 Å². The van der Waals surface area contributed by atoms with E-state index in [1.165, 1.54) is 0 Å². The first-order valence-electron chi connectivity index (χ1n) is 8.68. The predicted molar refractivity (Wildman–Crippen MR) is 94.9 cm³/mol. The van der Waals surface area contributed by atoms with E-state index < -0.39 is 12.1 Å². The van der Waals surface area contributed by atoms with Crippen LogP contribution in [-0.4, -0.2) is 13.1 Å². The molecule has 0 N–H and O–H groups in total. The van der Waals surface area contributed by atoms with Crippen LogP contribution in [0.25, 0.3) is 0 Å². The minimum Gasteiger partial charge on any atom is -0.322 e. The van der Waals surface area contributed by atoms with Gasteiger partial charge in [-0.15, -0.1) is 0 Å². The molecule has 4 heteroatoms. The van der Waals surface area contributed by atoms with Crippen molar-refractivity contribution >= 4 is 0 Å². The van der Waals surface area contributed by atoms with E-state index in [2.05, 4.69) is 18.2 Å². The number of rotatable bonds is 2. The minimum atomic E-state index is -1.15. The second kappa shape index (κ2) is 6.34. The van der Waals surface area contributed by atoms with Crippen molar-refractivity contribution in [3.8, 4) is 0 Å². The third kappa shape index (κ3) is 2.39. The van der Waals surface area contributed by atoms with Gasteiger partial charge >= 0.3 is 0 Å². The maximum absolute atomic E-state index is 6.45. The van der Waals surface area contributed by atoms with E-state index in [-0.39, 0.29) is 12.7 Å². The smallest absolute Gasteiger partial charge is 0.256 e. The number of hydrogen-bond donors (Lipinski definition) is 0. The molecule has 2 aliphatic heterocycles. The van der Waals surface area contributed by atoms with Crippen molar-refractivity contribution in [2.24, 2.45) is 0 Å². The molecule has 0 aromatic heterocycles. The van der Waals surface area contributed by atoms with E-state index in [1.54, 1.807) is 0 Å². The molecule has 3 aromatic rings. The summed E-state index contributed by atoms with van der Waals surface area (Å²) in [5.41, 5.74) is 4.05. The van der Waals surface area contributed by atoms with E-state index in [4.69, 9.17) is 19.2 Å². The highest BCUT2D eigenvalue weighted by molar-refractivity contribution is 5.47. The van der Waals surface area contributed by atoms with Gasteiger partial charge in [0.15, 0.2) is 13.1 Å². The lowest BCUT2D eigenvalue weighted by Gasteiger charge is -2.42. The molecular weight excluding hydrogens is 328 g/mol. The van der Waals surface area contributed by atoms with Crippen LogP contribution in [0.2, 0.25) is 0 Å². The van der Waals surface area contributed by atoms with Gasteiger partial charge in [-0.25, -0.2) is 4.89 Å². The zero-order valence-electron chi connectivity index (χ0n) is 14.1. The fourth-order valence-corrected chi connectivity index (χ4v) is 3.83. The zero-order chi connectivity index (χ0) is 17.4. The molecule has 3 atom stereocenters. The molecule has 1 saturated heterocycles. The molecule has 3 aromatic carbocycles. The third-order valence-electron chi connectivity index (χ3n) is 4.97. The van der Waals surface area contributed by atoms with Crippen LogP contribution in [0.4, 0.5) is 0 Å².